The van der Waals surface area contributed by atoms with Crippen LogP contribution in [-0.4, -0.2) is 45.7 Å². The predicted octanol–water partition coefficient (Wildman–Crippen LogP) is 0.476. The maximum atomic E-state index is 11.5. The standard InChI is InChI=1S/C13H22N4O3/c1-10(2)14-5-3-4-12(18)15-6-7-17-8-11(13(19)20)16-9-17/h8-10,14H,3-7H2,1-2H3,(H,15,18)(H,19,20). The van der Waals surface area contributed by atoms with Gasteiger partial charge in [-0.25, -0.2) is 9.78 Å². The molecule has 0 bridgehead atoms. The first kappa shape index (κ1) is 16.2. The van der Waals surface area contributed by atoms with Crippen LogP contribution in [0.5, 0.6) is 0 Å². The Balaban J connectivity index is 2.13. The fourth-order valence-corrected chi connectivity index (χ4v) is 1.65. The van der Waals surface area contributed by atoms with Gasteiger partial charge in [0.25, 0.3) is 0 Å². The molecule has 1 aromatic rings. The molecule has 1 heterocycles. The van der Waals surface area contributed by atoms with Crippen LogP contribution in [0.4, 0.5) is 0 Å². The summed E-state index contributed by atoms with van der Waals surface area (Å²) in [5, 5.41) is 14.8. The summed E-state index contributed by atoms with van der Waals surface area (Å²) < 4.78 is 1.64. The van der Waals surface area contributed by atoms with Crippen molar-refractivity contribution in [1.82, 2.24) is 20.2 Å². The molecule has 3 N–H and O–H groups in total. The van der Waals surface area contributed by atoms with Gasteiger partial charge in [-0.15, -0.1) is 0 Å². The molecule has 0 saturated carbocycles. The zero-order chi connectivity index (χ0) is 15.0. The van der Waals surface area contributed by atoms with E-state index in [1.165, 1.54) is 12.5 Å². The minimum absolute atomic E-state index is 0.00845. The molecule has 7 heteroatoms. The number of carbonyl (C=O) groups excluding carboxylic acids is 1. The molecular formula is C13H22N4O3. The SMILES string of the molecule is CC(C)NCCCC(=O)NCCn1cnc(C(=O)O)c1. The molecule has 0 aliphatic heterocycles. The van der Waals surface area contributed by atoms with Gasteiger partial charge in [-0.1, -0.05) is 13.8 Å². The minimum Gasteiger partial charge on any atom is -0.476 e. The van der Waals surface area contributed by atoms with Gasteiger partial charge in [-0.2, -0.15) is 0 Å². The number of amides is 1. The quantitative estimate of drug-likeness (QED) is 0.572. The topological polar surface area (TPSA) is 96.3 Å². The molecule has 0 saturated heterocycles. The highest BCUT2D eigenvalue weighted by Gasteiger charge is 2.06. The van der Waals surface area contributed by atoms with E-state index in [1.807, 2.05) is 0 Å². The van der Waals surface area contributed by atoms with Crippen LogP contribution in [0.15, 0.2) is 12.5 Å². The van der Waals surface area contributed by atoms with E-state index < -0.39 is 5.97 Å². The average Bonchev–Trinajstić information content (AvgIpc) is 2.83. The smallest absolute Gasteiger partial charge is 0.356 e. The number of hydrogen-bond donors (Lipinski definition) is 3. The predicted molar refractivity (Wildman–Crippen MR) is 74.6 cm³/mol. The largest absolute Gasteiger partial charge is 0.476 e. The third kappa shape index (κ3) is 6.33. The van der Waals surface area contributed by atoms with Crippen molar-refractivity contribution in [3.8, 4) is 0 Å². The molecule has 0 aliphatic carbocycles. The van der Waals surface area contributed by atoms with Crippen LogP contribution in [-0.2, 0) is 11.3 Å². The second-order valence-corrected chi connectivity index (χ2v) is 4.86. The van der Waals surface area contributed by atoms with Crippen molar-refractivity contribution < 1.29 is 14.7 Å². The lowest BCUT2D eigenvalue weighted by Crippen LogP contribution is -2.29. The average molecular weight is 282 g/mol. The number of nitrogens with zero attached hydrogens (tertiary/aromatic N) is 2. The van der Waals surface area contributed by atoms with Gasteiger partial charge in [-0.05, 0) is 13.0 Å². The number of rotatable bonds is 9. The molecule has 20 heavy (non-hydrogen) atoms. The Kier molecular flexibility index (Phi) is 6.72. The molecule has 0 unspecified atom stereocenters. The Morgan fingerprint density at radius 1 is 1.40 bits per heavy atom. The zero-order valence-corrected chi connectivity index (χ0v) is 11.9. The van der Waals surface area contributed by atoms with E-state index >= 15 is 0 Å². The van der Waals surface area contributed by atoms with Crippen molar-refractivity contribution in [3.63, 3.8) is 0 Å². The summed E-state index contributed by atoms with van der Waals surface area (Å²) in [4.78, 5) is 25.9. The fourth-order valence-electron chi connectivity index (χ4n) is 1.65. The van der Waals surface area contributed by atoms with Crippen LogP contribution in [0.1, 0.15) is 37.2 Å². The summed E-state index contributed by atoms with van der Waals surface area (Å²) >= 11 is 0. The van der Waals surface area contributed by atoms with Gasteiger partial charge in [-0.3, -0.25) is 4.79 Å². The van der Waals surface area contributed by atoms with Crippen LogP contribution in [0, 0.1) is 0 Å². The first-order chi connectivity index (χ1) is 9.49. The number of hydrogen-bond acceptors (Lipinski definition) is 4. The first-order valence-electron chi connectivity index (χ1n) is 6.74. The van der Waals surface area contributed by atoms with Crippen LogP contribution < -0.4 is 10.6 Å². The van der Waals surface area contributed by atoms with E-state index in [4.69, 9.17) is 5.11 Å². The zero-order valence-electron chi connectivity index (χ0n) is 11.9. The Morgan fingerprint density at radius 2 is 2.15 bits per heavy atom. The van der Waals surface area contributed by atoms with Crippen LogP contribution in [0.2, 0.25) is 0 Å². The Morgan fingerprint density at radius 3 is 2.75 bits per heavy atom. The van der Waals surface area contributed by atoms with Crippen molar-refractivity contribution in [3.05, 3.63) is 18.2 Å². The molecule has 1 amide bonds. The maximum Gasteiger partial charge on any atom is 0.356 e. The molecule has 0 atom stereocenters. The number of carbonyl (C=O) groups is 2. The second kappa shape index (κ2) is 8.31. The monoisotopic (exact) mass is 282 g/mol. The lowest BCUT2D eigenvalue weighted by molar-refractivity contribution is -0.121. The van der Waals surface area contributed by atoms with Gasteiger partial charge in [0, 0.05) is 31.7 Å². The summed E-state index contributed by atoms with van der Waals surface area (Å²) in [7, 11) is 0. The molecule has 0 aliphatic rings. The Labute approximate surface area is 118 Å². The highest BCUT2D eigenvalue weighted by Crippen LogP contribution is 1.95. The Hall–Kier alpha value is -1.89. The number of nitrogens with one attached hydrogen (secondary N) is 2. The normalized spacial score (nSPS) is 10.8. The lowest BCUT2D eigenvalue weighted by Gasteiger charge is -2.08. The molecule has 0 aromatic carbocycles. The van der Waals surface area contributed by atoms with Gasteiger partial charge in [0.15, 0.2) is 5.69 Å². The molecule has 112 valence electrons. The fraction of sp³-hybridized carbons (Fsp3) is 0.615. The van der Waals surface area contributed by atoms with Crippen LogP contribution in [0.25, 0.3) is 0 Å². The van der Waals surface area contributed by atoms with E-state index in [0.717, 1.165) is 13.0 Å². The molecule has 7 nitrogen and oxygen atoms in total. The summed E-state index contributed by atoms with van der Waals surface area (Å²) in [5.74, 6) is -1.04. The van der Waals surface area contributed by atoms with E-state index in [2.05, 4.69) is 29.5 Å². The molecule has 0 spiro atoms. The highest BCUT2D eigenvalue weighted by atomic mass is 16.4. The molecular weight excluding hydrogens is 260 g/mol. The van der Waals surface area contributed by atoms with Crippen LogP contribution in [0.3, 0.4) is 0 Å². The number of carboxylic acids is 1. The van der Waals surface area contributed by atoms with Crippen molar-refractivity contribution in [1.29, 1.82) is 0 Å². The number of imidazole rings is 1. The third-order valence-electron chi connectivity index (χ3n) is 2.68. The summed E-state index contributed by atoms with van der Waals surface area (Å²) in [6, 6.07) is 0.433. The van der Waals surface area contributed by atoms with Crippen molar-refractivity contribution in [2.45, 2.75) is 39.3 Å². The second-order valence-electron chi connectivity index (χ2n) is 4.86. The van der Waals surface area contributed by atoms with Crippen LogP contribution >= 0.6 is 0 Å². The first-order valence-corrected chi connectivity index (χ1v) is 6.74. The minimum atomic E-state index is -1.05. The highest BCUT2D eigenvalue weighted by molar-refractivity contribution is 5.84. The van der Waals surface area contributed by atoms with E-state index in [9.17, 15) is 9.59 Å². The van der Waals surface area contributed by atoms with Gasteiger partial charge >= 0.3 is 5.97 Å². The van der Waals surface area contributed by atoms with Gasteiger partial charge in [0.1, 0.15) is 0 Å². The van der Waals surface area contributed by atoms with Gasteiger partial charge in [0.2, 0.25) is 5.91 Å². The number of carboxylic acid groups (broad SMARTS) is 1. The van der Waals surface area contributed by atoms with E-state index in [0.29, 0.717) is 25.6 Å². The molecule has 0 radical (unpaired) electrons. The van der Waals surface area contributed by atoms with Crippen molar-refractivity contribution in [2.24, 2.45) is 0 Å². The lowest BCUT2D eigenvalue weighted by atomic mass is 10.2. The number of aromatic carboxylic acids is 1. The van der Waals surface area contributed by atoms with Crippen molar-refractivity contribution >= 4 is 11.9 Å². The summed E-state index contributed by atoms with van der Waals surface area (Å²) in [5.41, 5.74) is 0.0103. The molecule has 0 fully saturated rings. The maximum absolute atomic E-state index is 11.5. The Bertz CT molecular complexity index is 443. The number of aromatic nitrogens is 2. The van der Waals surface area contributed by atoms with Gasteiger partial charge < -0.3 is 20.3 Å². The summed E-state index contributed by atoms with van der Waals surface area (Å²) in [6.45, 7) is 5.93. The third-order valence-corrected chi connectivity index (χ3v) is 2.68. The molecule has 1 rings (SSSR count). The molecule has 1 aromatic heterocycles. The van der Waals surface area contributed by atoms with Crippen molar-refractivity contribution in [2.75, 3.05) is 13.1 Å². The van der Waals surface area contributed by atoms with E-state index in [-0.39, 0.29) is 11.6 Å². The van der Waals surface area contributed by atoms with Gasteiger partial charge in [0.05, 0.1) is 6.33 Å². The van der Waals surface area contributed by atoms with E-state index in [1.54, 1.807) is 4.57 Å². The summed E-state index contributed by atoms with van der Waals surface area (Å²) in [6.07, 6.45) is 4.19.